The van der Waals surface area contributed by atoms with Gasteiger partial charge in [0.05, 0.1) is 6.04 Å². The SMILES string of the molecule is CC1NC(c2ccccc2)N(CC2CCCN2C)C1=O. The van der Waals surface area contributed by atoms with Gasteiger partial charge in [0.25, 0.3) is 0 Å². The molecule has 0 bridgehead atoms. The molecule has 108 valence electrons. The first-order valence-electron chi connectivity index (χ1n) is 7.48. The molecule has 0 radical (unpaired) electrons. The molecular formula is C16H23N3O. The molecule has 20 heavy (non-hydrogen) atoms. The number of amides is 1. The van der Waals surface area contributed by atoms with E-state index in [1.54, 1.807) is 0 Å². The summed E-state index contributed by atoms with van der Waals surface area (Å²) in [7, 11) is 2.16. The first-order chi connectivity index (χ1) is 9.66. The van der Waals surface area contributed by atoms with Gasteiger partial charge in [-0.3, -0.25) is 10.1 Å². The molecule has 1 amide bonds. The van der Waals surface area contributed by atoms with Crippen molar-refractivity contribution in [3.05, 3.63) is 35.9 Å². The zero-order valence-electron chi connectivity index (χ0n) is 12.2. The van der Waals surface area contributed by atoms with Gasteiger partial charge in [0, 0.05) is 12.6 Å². The van der Waals surface area contributed by atoms with Gasteiger partial charge in [-0.2, -0.15) is 0 Å². The minimum atomic E-state index is -0.0908. The molecule has 4 heteroatoms. The molecule has 3 atom stereocenters. The van der Waals surface area contributed by atoms with Gasteiger partial charge in [0.2, 0.25) is 5.91 Å². The fraction of sp³-hybridized carbons (Fsp3) is 0.562. The molecule has 0 aliphatic carbocycles. The monoisotopic (exact) mass is 273 g/mol. The lowest BCUT2D eigenvalue weighted by atomic mass is 10.1. The van der Waals surface area contributed by atoms with Gasteiger partial charge in [-0.25, -0.2) is 0 Å². The Hall–Kier alpha value is -1.39. The zero-order chi connectivity index (χ0) is 14.1. The van der Waals surface area contributed by atoms with E-state index in [2.05, 4.69) is 29.4 Å². The summed E-state index contributed by atoms with van der Waals surface area (Å²) >= 11 is 0. The van der Waals surface area contributed by atoms with E-state index < -0.39 is 0 Å². The predicted molar refractivity (Wildman–Crippen MR) is 79.1 cm³/mol. The van der Waals surface area contributed by atoms with E-state index in [0.29, 0.717) is 6.04 Å². The van der Waals surface area contributed by atoms with Gasteiger partial charge in [-0.15, -0.1) is 0 Å². The summed E-state index contributed by atoms with van der Waals surface area (Å²) in [4.78, 5) is 16.8. The third-order valence-electron chi connectivity index (χ3n) is 4.57. The number of hydrogen-bond acceptors (Lipinski definition) is 3. The Labute approximate surface area is 120 Å². The van der Waals surface area contributed by atoms with Crippen LogP contribution in [0.1, 0.15) is 31.5 Å². The van der Waals surface area contributed by atoms with E-state index in [1.165, 1.54) is 18.4 Å². The van der Waals surface area contributed by atoms with Crippen molar-refractivity contribution >= 4 is 5.91 Å². The van der Waals surface area contributed by atoms with Crippen molar-refractivity contribution in [3.63, 3.8) is 0 Å². The minimum absolute atomic E-state index is 0.0210. The molecule has 2 saturated heterocycles. The molecule has 2 fully saturated rings. The zero-order valence-corrected chi connectivity index (χ0v) is 12.2. The minimum Gasteiger partial charge on any atom is -0.320 e. The number of benzene rings is 1. The van der Waals surface area contributed by atoms with Gasteiger partial charge in [0.15, 0.2) is 0 Å². The highest BCUT2D eigenvalue weighted by molar-refractivity contribution is 5.84. The molecule has 2 heterocycles. The van der Waals surface area contributed by atoms with Gasteiger partial charge in [-0.1, -0.05) is 30.3 Å². The number of hydrogen-bond donors (Lipinski definition) is 1. The molecule has 0 aromatic heterocycles. The molecule has 3 unspecified atom stereocenters. The Morgan fingerprint density at radius 2 is 2.05 bits per heavy atom. The van der Waals surface area contributed by atoms with E-state index >= 15 is 0 Å². The van der Waals surface area contributed by atoms with Crippen LogP contribution in [0, 0.1) is 0 Å². The van der Waals surface area contributed by atoms with Crippen molar-refractivity contribution in [2.45, 2.75) is 38.0 Å². The molecule has 1 aromatic carbocycles. The number of rotatable bonds is 3. The maximum Gasteiger partial charge on any atom is 0.241 e. The van der Waals surface area contributed by atoms with Crippen LogP contribution in [0.2, 0.25) is 0 Å². The fourth-order valence-electron chi connectivity index (χ4n) is 3.32. The second-order valence-corrected chi connectivity index (χ2v) is 5.97. The van der Waals surface area contributed by atoms with Gasteiger partial charge in [-0.05, 0) is 38.9 Å². The van der Waals surface area contributed by atoms with Gasteiger partial charge in [0.1, 0.15) is 6.17 Å². The first-order valence-corrected chi connectivity index (χ1v) is 7.48. The molecule has 1 aromatic rings. The number of likely N-dealkylation sites (tertiary alicyclic amines) is 1. The largest absolute Gasteiger partial charge is 0.320 e. The smallest absolute Gasteiger partial charge is 0.241 e. The average Bonchev–Trinajstić information content (AvgIpc) is 2.99. The van der Waals surface area contributed by atoms with Crippen LogP contribution in [0.4, 0.5) is 0 Å². The topological polar surface area (TPSA) is 35.6 Å². The summed E-state index contributed by atoms with van der Waals surface area (Å²) < 4.78 is 0. The Bertz CT molecular complexity index is 476. The maximum atomic E-state index is 12.4. The number of nitrogens with one attached hydrogen (secondary N) is 1. The highest BCUT2D eigenvalue weighted by Gasteiger charge is 2.39. The Morgan fingerprint density at radius 3 is 2.70 bits per heavy atom. The standard InChI is InChI=1S/C16H23N3O/c1-12-16(20)19(11-14-9-6-10-18(14)2)15(17-12)13-7-4-3-5-8-13/h3-5,7-8,12,14-15,17H,6,9-11H2,1-2H3. The van der Waals surface area contributed by atoms with Crippen molar-refractivity contribution in [2.24, 2.45) is 0 Å². The lowest BCUT2D eigenvalue weighted by Gasteiger charge is -2.30. The number of likely N-dealkylation sites (N-methyl/N-ethyl adjacent to an activating group) is 1. The summed E-state index contributed by atoms with van der Waals surface area (Å²) in [5.74, 6) is 0.221. The molecule has 0 saturated carbocycles. The van der Waals surface area contributed by atoms with Crippen LogP contribution in [0.25, 0.3) is 0 Å². The van der Waals surface area contributed by atoms with Crippen molar-refractivity contribution in [1.82, 2.24) is 15.1 Å². The summed E-state index contributed by atoms with van der Waals surface area (Å²) in [6.45, 7) is 3.93. The molecule has 1 N–H and O–H groups in total. The fourth-order valence-corrected chi connectivity index (χ4v) is 3.32. The van der Waals surface area contributed by atoms with E-state index in [4.69, 9.17) is 0 Å². The first kappa shape index (κ1) is 13.6. The normalized spacial score (nSPS) is 31.2. The van der Waals surface area contributed by atoms with Crippen LogP contribution >= 0.6 is 0 Å². The molecule has 0 spiro atoms. The quantitative estimate of drug-likeness (QED) is 0.908. The van der Waals surface area contributed by atoms with Gasteiger partial charge >= 0.3 is 0 Å². The number of carbonyl (C=O) groups excluding carboxylic acids is 1. The highest BCUT2D eigenvalue weighted by Crippen LogP contribution is 2.27. The van der Waals surface area contributed by atoms with Crippen LogP contribution in [-0.4, -0.2) is 47.9 Å². The van der Waals surface area contributed by atoms with Crippen LogP contribution < -0.4 is 5.32 Å². The summed E-state index contributed by atoms with van der Waals surface area (Å²) in [6.07, 6.45) is 2.45. The van der Waals surface area contributed by atoms with E-state index in [1.807, 2.05) is 30.0 Å². The second-order valence-electron chi connectivity index (χ2n) is 5.97. The van der Waals surface area contributed by atoms with Crippen molar-refractivity contribution in [1.29, 1.82) is 0 Å². The molecule has 3 rings (SSSR count). The Kier molecular flexibility index (Phi) is 3.76. The molecule has 4 nitrogen and oxygen atoms in total. The lowest BCUT2D eigenvalue weighted by molar-refractivity contribution is -0.130. The molecule has 2 aliphatic heterocycles. The highest BCUT2D eigenvalue weighted by atomic mass is 16.2. The summed E-state index contributed by atoms with van der Waals surface area (Å²) in [6, 6.07) is 10.7. The van der Waals surface area contributed by atoms with Crippen LogP contribution in [0.5, 0.6) is 0 Å². The predicted octanol–water partition coefficient (Wildman–Crippen LogP) is 1.60. The summed E-state index contributed by atoms with van der Waals surface area (Å²) in [5.41, 5.74) is 1.17. The van der Waals surface area contributed by atoms with Crippen molar-refractivity contribution in [2.75, 3.05) is 20.1 Å². The summed E-state index contributed by atoms with van der Waals surface area (Å²) in [5, 5.41) is 3.42. The van der Waals surface area contributed by atoms with Crippen molar-refractivity contribution in [3.8, 4) is 0 Å². The molecule has 2 aliphatic rings. The van der Waals surface area contributed by atoms with E-state index in [0.717, 1.165) is 13.1 Å². The van der Waals surface area contributed by atoms with E-state index in [9.17, 15) is 4.79 Å². The van der Waals surface area contributed by atoms with Crippen LogP contribution in [0.15, 0.2) is 30.3 Å². The van der Waals surface area contributed by atoms with Crippen LogP contribution in [0.3, 0.4) is 0 Å². The third kappa shape index (κ3) is 2.45. The van der Waals surface area contributed by atoms with Crippen molar-refractivity contribution < 1.29 is 4.79 Å². The van der Waals surface area contributed by atoms with Crippen LogP contribution in [-0.2, 0) is 4.79 Å². The Morgan fingerprint density at radius 1 is 1.30 bits per heavy atom. The van der Waals surface area contributed by atoms with E-state index in [-0.39, 0.29) is 18.1 Å². The maximum absolute atomic E-state index is 12.4. The van der Waals surface area contributed by atoms with Gasteiger partial charge < -0.3 is 9.80 Å². The number of carbonyl (C=O) groups is 1. The third-order valence-corrected chi connectivity index (χ3v) is 4.57. The second kappa shape index (κ2) is 5.54. The number of nitrogens with zero attached hydrogens (tertiary/aromatic N) is 2. The Balaban J connectivity index is 1.80. The lowest BCUT2D eigenvalue weighted by Crippen LogP contribution is -2.41. The molecular weight excluding hydrogens is 250 g/mol. The average molecular weight is 273 g/mol.